The molecule has 0 aliphatic heterocycles. The molecule has 0 fully saturated rings. The van der Waals surface area contributed by atoms with E-state index in [0.717, 1.165) is 0 Å². The fraction of sp³-hybridized carbons (Fsp3) is 0.300. The number of nitrogens with zero attached hydrogens (tertiary/aromatic N) is 1. The molecule has 0 atom stereocenters. The molecule has 0 radical (unpaired) electrons. The monoisotopic (exact) mass is 177 g/mol. The first-order valence-corrected chi connectivity index (χ1v) is 4.08. The van der Waals surface area contributed by atoms with Gasteiger partial charge in [-0.05, 0) is 19.1 Å². The molecule has 0 aliphatic rings. The lowest BCUT2D eigenvalue weighted by Gasteiger charge is -2.07. The van der Waals surface area contributed by atoms with E-state index in [1.54, 1.807) is 18.2 Å². The maximum Gasteiger partial charge on any atom is 0.126 e. The summed E-state index contributed by atoms with van der Waals surface area (Å²) in [7, 11) is 0. The molecular weight excluding hydrogens is 166 g/mol. The molecule has 13 heavy (non-hydrogen) atoms. The first kappa shape index (κ1) is 9.56. The minimum atomic E-state index is -0.0684. The number of aliphatic hydroxyl groups excluding tert-OH is 1. The van der Waals surface area contributed by atoms with E-state index in [-0.39, 0.29) is 6.61 Å². The number of rotatable bonds is 3. The highest BCUT2D eigenvalue weighted by Crippen LogP contribution is 2.20. The zero-order chi connectivity index (χ0) is 9.68. The van der Waals surface area contributed by atoms with Crippen molar-refractivity contribution in [3.63, 3.8) is 0 Å². The summed E-state index contributed by atoms with van der Waals surface area (Å²) >= 11 is 0. The number of hydrogen-bond donors (Lipinski definition) is 1. The molecule has 0 heterocycles. The van der Waals surface area contributed by atoms with Gasteiger partial charge >= 0.3 is 0 Å². The van der Waals surface area contributed by atoms with E-state index < -0.39 is 0 Å². The Morgan fingerprint density at radius 3 is 2.85 bits per heavy atom. The highest BCUT2D eigenvalue weighted by Gasteiger charge is 2.02. The van der Waals surface area contributed by atoms with Crippen molar-refractivity contribution >= 4 is 0 Å². The fourth-order valence-corrected chi connectivity index (χ4v) is 1.04. The van der Waals surface area contributed by atoms with E-state index in [1.165, 1.54) is 0 Å². The maximum absolute atomic E-state index is 8.95. The number of aliphatic hydroxyl groups is 1. The lowest BCUT2D eigenvalue weighted by molar-refractivity contribution is 0.267. The summed E-state index contributed by atoms with van der Waals surface area (Å²) in [4.78, 5) is 0. The molecule has 0 aromatic heterocycles. The Hall–Kier alpha value is -1.53. The average Bonchev–Trinajstić information content (AvgIpc) is 2.18. The van der Waals surface area contributed by atoms with Gasteiger partial charge in [-0.25, -0.2) is 0 Å². The third kappa shape index (κ3) is 2.20. The van der Waals surface area contributed by atoms with Crippen LogP contribution in [-0.2, 0) is 6.61 Å². The molecule has 0 unspecified atom stereocenters. The van der Waals surface area contributed by atoms with Crippen LogP contribution >= 0.6 is 0 Å². The molecule has 0 saturated heterocycles. The molecule has 1 rings (SSSR count). The number of benzene rings is 1. The summed E-state index contributed by atoms with van der Waals surface area (Å²) < 4.78 is 5.26. The van der Waals surface area contributed by atoms with Gasteiger partial charge in [0.2, 0.25) is 0 Å². The molecule has 0 bridgehead atoms. The quantitative estimate of drug-likeness (QED) is 0.760. The van der Waals surface area contributed by atoms with Crippen molar-refractivity contribution in [3.8, 4) is 11.8 Å². The molecule has 1 aromatic rings. The maximum atomic E-state index is 8.95. The van der Waals surface area contributed by atoms with Gasteiger partial charge < -0.3 is 9.84 Å². The van der Waals surface area contributed by atoms with Crippen LogP contribution in [-0.4, -0.2) is 11.7 Å². The van der Waals surface area contributed by atoms with E-state index in [1.807, 2.05) is 13.0 Å². The van der Waals surface area contributed by atoms with E-state index in [2.05, 4.69) is 0 Å². The third-order valence-electron chi connectivity index (χ3n) is 1.67. The summed E-state index contributed by atoms with van der Waals surface area (Å²) in [5.74, 6) is 0.587. The minimum absolute atomic E-state index is 0.0684. The van der Waals surface area contributed by atoms with Crippen LogP contribution in [0.5, 0.6) is 5.75 Å². The Morgan fingerprint density at radius 1 is 1.54 bits per heavy atom. The fourth-order valence-electron chi connectivity index (χ4n) is 1.04. The topological polar surface area (TPSA) is 53.2 Å². The van der Waals surface area contributed by atoms with Crippen LogP contribution in [0.3, 0.4) is 0 Å². The summed E-state index contributed by atoms with van der Waals surface area (Å²) in [6.07, 6.45) is 0. The van der Waals surface area contributed by atoms with Crippen molar-refractivity contribution in [2.24, 2.45) is 0 Å². The van der Waals surface area contributed by atoms with Crippen molar-refractivity contribution in [2.75, 3.05) is 6.61 Å². The summed E-state index contributed by atoms with van der Waals surface area (Å²) in [6, 6.07) is 7.01. The minimum Gasteiger partial charge on any atom is -0.493 e. The van der Waals surface area contributed by atoms with Crippen LogP contribution in [0.15, 0.2) is 18.2 Å². The predicted octanol–water partition coefficient (Wildman–Crippen LogP) is 1.45. The van der Waals surface area contributed by atoms with Crippen molar-refractivity contribution in [1.82, 2.24) is 0 Å². The van der Waals surface area contributed by atoms with Crippen LogP contribution in [0.25, 0.3) is 0 Å². The molecule has 1 N–H and O–H groups in total. The van der Waals surface area contributed by atoms with Gasteiger partial charge in [-0.3, -0.25) is 0 Å². The first-order valence-electron chi connectivity index (χ1n) is 4.08. The zero-order valence-corrected chi connectivity index (χ0v) is 7.45. The van der Waals surface area contributed by atoms with Gasteiger partial charge in [0.25, 0.3) is 0 Å². The smallest absolute Gasteiger partial charge is 0.126 e. The summed E-state index contributed by atoms with van der Waals surface area (Å²) in [5.41, 5.74) is 1.25. The van der Waals surface area contributed by atoms with E-state index in [4.69, 9.17) is 15.1 Å². The molecule has 3 nitrogen and oxygen atoms in total. The van der Waals surface area contributed by atoms with Crippen molar-refractivity contribution in [1.29, 1.82) is 5.26 Å². The normalized spacial score (nSPS) is 9.31. The molecule has 0 saturated carbocycles. The van der Waals surface area contributed by atoms with Gasteiger partial charge in [0.1, 0.15) is 5.75 Å². The van der Waals surface area contributed by atoms with E-state index in [0.29, 0.717) is 23.5 Å². The average molecular weight is 177 g/mol. The predicted molar refractivity (Wildman–Crippen MR) is 48.2 cm³/mol. The van der Waals surface area contributed by atoms with E-state index in [9.17, 15) is 0 Å². The van der Waals surface area contributed by atoms with Gasteiger partial charge in [0.05, 0.1) is 24.8 Å². The third-order valence-corrected chi connectivity index (χ3v) is 1.67. The van der Waals surface area contributed by atoms with E-state index >= 15 is 0 Å². The number of ether oxygens (including phenoxy) is 1. The lowest BCUT2D eigenvalue weighted by atomic mass is 10.1. The summed E-state index contributed by atoms with van der Waals surface area (Å²) in [5, 5.41) is 17.6. The zero-order valence-electron chi connectivity index (χ0n) is 7.45. The van der Waals surface area contributed by atoms with Crippen molar-refractivity contribution in [3.05, 3.63) is 29.3 Å². The van der Waals surface area contributed by atoms with Gasteiger partial charge in [-0.1, -0.05) is 6.07 Å². The van der Waals surface area contributed by atoms with Crippen LogP contribution in [0.4, 0.5) is 0 Å². The van der Waals surface area contributed by atoms with Gasteiger partial charge in [0.15, 0.2) is 0 Å². The Kier molecular flexibility index (Phi) is 3.30. The van der Waals surface area contributed by atoms with Crippen LogP contribution in [0, 0.1) is 11.3 Å². The van der Waals surface area contributed by atoms with Gasteiger partial charge in [0, 0.05) is 5.56 Å². The van der Waals surface area contributed by atoms with Gasteiger partial charge in [-0.15, -0.1) is 0 Å². The summed E-state index contributed by atoms with van der Waals surface area (Å²) in [6.45, 7) is 2.32. The number of hydrogen-bond acceptors (Lipinski definition) is 3. The standard InChI is InChI=1S/C10H11NO2/c1-2-13-10-5-8(6-11)3-4-9(10)7-12/h3-5,12H,2,7H2,1H3. The molecule has 1 aromatic carbocycles. The Morgan fingerprint density at radius 2 is 2.31 bits per heavy atom. The van der Waals surface area contributed by atoms with Crippen LogP contribution in [0.2, 0.25) is 0 Å². The molecular formula is C10H11NO2. The van der Waals surface area contributed by atoms with Crippen molar-refractivity contribution in [2.45, 2.75) is 13.5 Å². The largest absolute Gasteiger partial charge is 0.493 e. The second-order valence-electron chi connectivity index (χ2n) is 2.53. The molecule has 0 amide bonds. The molecule has 0 aliphatic carbocycles. The van der Waals surface area contributed by atoms with Gasteiger partial charge in [-0.2, -0.15) is 5.26 Å². The molecule has 68 valence electrons. The second-order valence-corrected chi connectivity index (χ2v) is 2.53. The highest BCUT2D eigenvalue weighted by molar-refractivity contribution is 5.42. The number of nitriles is 1. The Bertz CT molecular complexity index is 328. The molecule has 3 heteroatoms. The van der Waals surface area contributed by atoms with Crippen molar-refractivity contribution < 1.29 is 9.84 Å². The second kappa shape index (κ2) is 4.48. The SMILES string of the molecule is CCOc1cc(C#N)ccc1CO. The first-order chi connectivity index (χ1) is 6.31. The highest BCUT2D eigenvalue weighted by atomic mass is 16.5. The van der Waals surface area contributed by atoms with Crippen LogP contribution in [0.1, 0.15) is 18.1 Å². The lowest BCUT2D eigenvalue weighted by Crippen LogP contribution is -1.97. The molecule has 0 spiro atoms. The Labute approximate surface area is 77.2 Å². The van der Waals surface area contributed by atoms with Crippen LogP contribution < -0.4 is 4.74 Å². The Balaban J connectivity index is 3.04.